The number of hydrogen-bond donors (Lipinski definition) is 3. The lowest BCUT2D eigenvalue weighted by atomic mass is 9.99. The molecule has 1 rings (SSSR count). The van der Waals surface area contributed by atoms with Crippen LogP contribution in [-0.4, -0.2) is 64.6 Å². The highest BCUT2D eigenvalue weighted by atomic mass is 16.7. The second kappa shape index (κ2) is 26.2. The van der Waals surface area contributed by atoms with E-state index < -0.39 is 42.6 Å². The summed E-state index contributed by atoms with van der Waals surface area (Å²) in [5.41, 5.74) is 0. The molecule has 1 fully saturated rings. The maximum Gasteiger partial charge on any atom is 0.306 e. The number of ether oxygens (including phenoxy) is 3. The number of rotatable bonds is 27. The second-order valence-electron chi connectivity index (χ2n) is 12.3. The van der Waals surface area contributed by atoms with E-state index >= 15 is 0 Å². The van der Waals surface area contributed by atoms with Crippen molar-refractivity contribution in [3.05, 3.63) is 0 Å². The van der Waals surface area contributed by atoms with Gasteiger partial charge in [-0.2, -0.15) is 0 Å². The molecule has 0 bridgehead atoms. The van der Waals surface area contributed by atoms with Crippen LogP contribution in [-0.2, 0) is 23.8 Å². The number of unbranched alkanes of at least 4 members (excludes halogenated alkanes) is 20. The van der Waals surface area contributed by atoms with Gasteiger partial charge in [-0.05, 0) is 12.8 Å². The van der Waals surface area contributed by atoms with E-state index in [9.17, 15) is 24.9 Å². The quantitative estimate of drug-likeness (QED) is 0.0664. The molecule has 0 aromatic heterocycles. The molecule has 0 unspecified atom stereocenters. The molecular formula is C34H64O8. The fourth-order valence-electron chi connectivity index (χ4n) is 5.52. The highest BCUT2D eigenvalue weighted by Crippen LogP contribution is 2.24. The van der Waals surface area contributed by atoms with Crippen molar-refractivity contribution < 1.29 is 39.1 Å². The fraction of sp³-hybridized carbons (Fsp3) is 0.941. The number of carbonyl (C=O) groups is 2. The van der Waals surface area contributed by atoms with Crippen LogP contribution in [0.1, 0.15) is 168 Å². The van der Waals surface area contributed by atoms with Gasteiger partial charge in [0, 0.05) is 12.8 Å². The standard InChI is InChI=1S/C34H64O8/c1-3-5-7-9-11-13-15-17-19-21-23-25-29(35)40-27-28-31(37)33(32(38)34(39)41-28)42-30(36)26-24-22-20-18-16-14-12-10-8-6-4-2/h28,31-34,37-39H,3-27H2,1-2H3/t28-,31-,32-,33+,34-/m1/s1. The molecule has 0 aliphatic carbocycles. The predicted octanol–water partition coefficient (Wildman–Crippen LogP) is 7.28. The minimum atomic E-state index is -1.65. The van der Waals surface area contributed by atoms with Gasteiger partial charge in [-0.1, -0.05) is 142 Å². The van der Waals surface area contributed by atoms with Gasteiger partial charge in [0.15, 0.2) is 12.4 Å². The summed E-state index contributed by atoms with van der Waals surface area (Å²) in [5.74, 6) is -0.928. The minimum Gasteiger partial charge on any atom is -0.463 e. The van der Waals surface area contributed by atoms with Crippen LogP contribution < -0.4 is 0 Å². The van der Waals surface area contributed by atoms with E-state index in [1.807, 2.05) is 0 Å². The van der Waals surface area contributed by atoms with Crippen LogP contribution in [0.4, 0.5) is 0 Å². The molecule has 0 amide bonds. The van der Waals surface area contributed by atoms with Crippen LogP contribution in [0.15, 0.2) is 0 Å². The molecule has 0 spiro atoms. The third-order valence-corrected chi connectivity index (χ3v) is 8.31. The maximum absolute atomic E-state index is 12.4. The first-order valence-electron chi connectivity index (χ1n) is 17.4. The van der Waals surface area contributed by atoms with Gasteiger partial charge < -0.3 is 29.5 Å². The van der Waals surface area contributed by atoms with Gasteiger partial charge >= 0.3 is 11.9 Å². The van der Waals surface area contributed by atoms with Gasteiger partial charge in [0.25, 0.3) is 0 Å². The first-order chi connectivity index (χ1) is 20.4. The molecule has 1 aliphatic heterocycles. The third-order valence-electron chi connectivity index (χ3n) is 8.31. The van der Waals surface area contributed by atoms with Gasteiger partial charge in [0.05, 0.1) is 0 Å². The summed E-state index contributed by atoms with van der Waals surface area (Å²) in [6.45, 7) is 4.17. The first-order valence-corrected chi connectivity index (χ1v) is 17.4. The molecule has 248 valence electrons. The summed E-state index contributed by atoms with van der Waals surface area (Å²) in [4.78, 5) is 24.6. The monoisotopic (exact) mass is 600 g/mol. The zero-order valence-corrected chi connectivity index (χ0v) is 26.9. The van der Waals surface area contributed by atoms with Gasteiger partial charge in [-0.15, -0.1) is 0 Å². The summed E-state index contributed by atoms with van der Waals surface area (Å²) in [6, 6.07) is 0. The summed E-state index contributed by atoms with van der Waals surface area (Å²) in [5, 5.41) is 31.0. The van der Waals surface area contributed by atoms with Crippen LogP contribution >= 0.6 is 0 Å². The van der Waals surface area contributed by atoms with Crippen LogP contribution in [0.2, 0.25) is 0 Å². The highest BCUT2D eigenvalue weighted by molar-refractivity contribution is 5.70. The first kappa shape index (κ1) is 38.8. The normalized spacial score (nSPS) is 22.3. The van der Waals surface area contributed by atoms with Crippen LogP contribution in [0.25, 0.3) is 0 Å². The minimum absolute atomic E-state index is 0.183. The Labute approximate surface area is 256 Å². The fourth-order valence-corrected chi connectivity index (χ4v) is 5.52. The summed E-state index contributed by atoms with van der Waals surface area (Å²) in [7, 11) is 0. The zero-order chi connectivity index (χ0) is 30.8. The van der Waals surface area contributed by atoms with Gasteiger partial charge in [0.2, 0.25) is 0 Å². The lowest BCUT2D eigenvalue weighted by Gasteiger charge is -2.39. The lowest BCUT2D eigenvalue weighted by molar-refractivity contribution is -0.290. The maximum atomic E-state index is 12.4. The number of hydrogen-bond acceptors (Lipinski definition) is 8. The molecule has 8 heteroatoms. The number of carbonyl (C=O) groups excluding carboxylic acids is 2. The molecule has 5 atom stereocenters. The van der Waals surface area contributed by atoms with Crippen molar-refractivity contribution >= 4 is 11.9 Å². The molecule has 42 heavy (non-hydrogen) atoms. The topological polar surface area (TPSA) is 123 Å². The second-order valence-corrected chi connectivity index (χ2v) is 12.3. The van der Waals surface area contributed by atoms with E-state index in [-0.39, 0.29) is 19.4 Å². The van der Waals surface area contributed by atoms with E-state index in [1.54, 1.807) is 0 Å². The van der Waals surface area contributed by atoms with Crippen molar-refractivity contribution in [2.24, 2.45) is 0 Å². The Hall–Kier alpha value is -1.22. The third kappa shape index (κ3) is 19.1. The molecule has 1 saturated heterocycles. The average Bonchev–Trinajstić information content (AvgIpc) is 2.98. The Kier molecular flexibility index (Phi) is 24.2. The zero-order valence-electron chi connectivity index (χ0n) is 26.9. The molecular weight excluding hydrogens is 536 g/mol. The number of aliphatic hydroxyl groups excluding tert-OH is 3. The van der Waals surface area contributed by atoms with E-state index in [4.69, 9.17) is 14.2 Å². The molecule has 1 heterocycles. The average molecular weight is 601 g/mol. The predicted molar refractivity (Wildman–Crippen MR) is 166 cm³/mol. The summed E-state index contributed by atoms with van der Waals surface area (Å²) < 4.78 is 15.9. The van der Waals surface area contributed by atoms with E-state index in [0.717, 1.165) is 38.5 Å². The Morgan fingerprint density at radius 3 is 1.36 bits per heavy atom. The molecule has 3 N–H and O–H groups in total. The van der Waals surface area contributed by atoms with Crippen molar-refractivity contribution in [3.63, 3.8) is 0 Å². The summed E-state index contributed by atoms with van der Waals surface area (Å²) >= 11 is 0. The largest absolute Gasteiger partial charge is 0.463 e. The Morgan fingerprint density at radius 2 is 0.929 bits per heavy atom. The van der Waals surface area contributed by atoms with Crippen LogP contribution in [0.5, 0.6) is 0 Å². The van der Waals surface area contributed by atoms with E-state index in [0.29, 0.717) is 6.42 Å². The molecule has 0 aromatic carbocycles. The summed E-state index contributed by atoms with van der Waals surface area (Å²) in [6.07, 6.45) is 19.3. The Bertz CT molecular complexity index is 657. The Morgan fingerprint density at radius 1 is 0.548 bits per heavy atom. The molecule has 1 aliphatic rings. The molecule has 0 saturated carbocycles. The smallest absolute Gasteiger partial charge is 0.306 e. The number of esters is 2. The molecule has 8 nitrogen and oxygen atoms in total. The lowest BCUT2D eigenvalue weighted by Crippen LogP contribution is -2.60. The van der Waals surface area contributed by atoms with Gasteiger partial charge in [-0.3, -0.25) is 9.59 Å². The van der Waals surface area contributed by atoms with Crippen LogP contribution in [0, 0.1) is 0 Å². The van der Waals surface area contributed by atoms with Crippen molar-refractivity contribution in [2.75, 3.05) is 6.61 Å². The number of aliphatic hydroxyl groups is 3. The van der Waals surface area contributed by atoms with Crippen LogP contribution in [0.3, 0.4) is 0 Å². The Balaban J connectivity index is 2.17. The highest BCUT2D eigenvalue weighted by Gasteiger charge is 2.46. The van der Waals surface area contributed by atoms with Crippen molar-refractivity contribution in [2.45, 2.75) is 199 Å². The van der Waals surface area contributed by atoms with Crippen molar-refractivity contribution in [1.82, 2.24) is 0 Å². The SMILES string of the molecule is CCCCCCCCCCCCCC(=O)OC[C@H]1O[C@@H](O)[C@H](O)[C@@H](OC(=O)CCCCCCCCCCCCC)[C@@H]1O. The van der Waals surface area contributed by atoms with Crippen molar-refractivity contribution in [1.29, 1.82) is 0 Å². The molecule has 0 radical (unpaired) electrons. The van der Waals surface area contributed by atoms with E-state index in [1.165, 1.54) is 96.3 Å². The van der Waals surface area contributed by atoms with Gasteiger partial charge in [-0.25, -0.2) is 0 Å². The molecule has 0 aromatic rings. The van der Waals surface area contributed by atoms with E-state index in [2.05, 4.69) is 13.8 Å². The van der Waals surface area contributed by atoms with Gasteiger partial charge in [0.1, 0.15) is 24.9 Å². The van der Waals surface area contributed by atoms with Crippen molar-refractivity contribution in [3.8, 4) is 0 Å².